The van der Waals surface area contributed by atoms with Crippen LogP contribution >= 0.6 is 0 Å². The number of nitrogens with two attached hydrogens (primary N) is 1. The van der Waals surface area contributed by atoms with E-state index in [1.807, 2.05) is 0 Å². The summed E-state index contributed by atoms with van der Waals surface area (Å²) in [6.07, 6.45) is 3.77. The molecule has 1 nitrogen and oxygen atoms in total. The Hall–Kier alpha value is -0.960. The third-order valence-electron chi connectivity index (χ3n) is 4.43. The number of rotatable bonds is 1. The summed E-state index contributed by atoms with van der Waals surface area (Å²) in [5.41, 5.74) is 6.13. The van der Waals surface area contributed by atoms with Crippen molar-refractivity contribution < 1.29 is 8.78 Å². The molecule has 1 aromatic carbocycles. The second-order valence-corrected chi connectivity index (χ2v) is 6.83. The molecule has 1 aromatic rings. The zero-order valence-corrected chi connectivity index (χ0v) is 12.0. The van der Waals surface area contributed by atoms with Crippen LogP contribution in [-0.2, 0) is 5.54 Å². The van der Waals surface area contributed by atoms with E-state index in [0.717, 1.165) is 31.7 Å². The minimum absolute atomic E-state index is 0.0199. The summed E-state index contributed by atoms with van der Waals surface area (Å²) in [5, 5.41) is 0. The van der Waals surface area contributed by atoms with E-state index < -0.39 is 11.4 Å². The summed E-state index contributed by atoms with van der Waals surface area (Å²) < 4.78 is 27.6. The molecule has 106 valence electrons. The van der Waals surface area contributed by atoms with Gasteiger partial charge in [-0.2, -0.15) is 0 Å². The summed E-state index contributed by atoms with van der Waals surface area (Å²) in [6, 6.07) is 3.62. The molecule has 2 unspecified atom stereocenters. The Labute approximate surface area is 114 Å². The Morgan fingerprint density at radius 3 is 2.53 bits per heavy atom. The molecule has 0 aromatic heterocycles. The molecule has 0 aliphatic heterocycles. The fourth-order valence-electron chi connectivity index (χ4n) is 3.58. The molecule has 19 heavy (non-hydrogen) atoms. The maximum absolute atomic E-state index is 14.1. The predicted molar refractivity (Wildman–Crippen MR) is 73.6 cm³/mol. The predicted octanol–water partition coefficient (Wildman–Crippen LogP) is 4.36. The average molecular weight is 267 g/mol. The highest BCUT2D eigenvalue weighted by atomic mass is 19.1. The van der Waals surface area contributed by atoms with Crippen molar-refractivity contribution in [1.29, 1.82) is 0 Å². The highest BCUT2D eigenvalue weighted by molar-refractivity contribution is 5.29. The van der Waals surface area contributed by atoms with Gasteiger partial charge in [-0.25, -0.2) is 8.78 Å². The Kier molecular flexibility index (Phi) is 3.69. The van der Waals surface area contributed by atoms with Crippen LogP contribution in [-0.4, -0.2) is 0 Å². The van der Waals surface area contributed by atoms with Crippen LogP contribution in [0.4, 0.5) is 8.78 Å². The highest BCUT2D eigenvalue weighted by Crippen LogP contribution is 2.48. The van der Waals surface area contributed by atoms with E-state index in [1.54, 1.807) is 0 Å². The molecule has 1 fully saturated rings. The summed E-state index contributed by atoms with van der Waals surface area (Å²) in [5.74, 6) is -0.649. The van der Waals surface area contributed by atoms with Crippen LogP contribution in [0.3, 0.4) is 0 Å². The smallest absolute Gasteiger partial charge is 0.128 e. The first-order valence-corrected chi connectivity index (χ1v) is 6.99. The topological polar surface area (TPSA) is 26.0 Å². The van der Waals surface area contributed by atoms with E-state index in [0.29, 0.717) is 5.56 Å². The highest BCUT2D eigenvalue weighted by Gasteiger charge is 2.45. The lowest BCUT2D eigenvalue weighted by molar-refractivity contribution is 0.0750. The van der Waals surface area contributed by atoms with Crippen molar-refractivity contribution in [1.82, 2.24) is 0 Å². The Bertz CT molecular complexity index is 464. The van der Waals surface area contributed by atoms with Crippen LogP contribution in [0.25, 0.3) is 0 Å². The molecule has 1 saturated carbocycles. The van der Waals surface area contributed by atoms with Crippen molar-refractivity contribution in [2.24, 2.45) is 17.1 Å². The monoisotopic (exact) mass is 267 g/mol. The lowest BCUT2D eigenvalue weighted by atomic mass is 9.60. The molecule has 1 aliphatic carbocycles. The average Bonchev–Trinajstić information content (AvgIpc) is 2.31. The number of halogens is 2. The summed E-state index contributed by atoms with van der Waals surface area (Å²) in [4.78, 5) is 0. The van der Waals surface area contributed by atoms with Crippen LogP contribution in [0.15, 0.2) is 18.2 Å². The Morgan fingerprint density at radius 2 is 1.89 bits per heavy atom. The molecule has 0 heterocycles. The molecule has 3 heteroatoms. The van der Waals surface area contributed by atoms with Gasteiger partial charge in [-0.1, -0.05) is 33.6 Å². The minimum atomic E-state index is -0.761. The van der Waals surface area contributed by atoms with Crippen LogP contribution in [0.1, 0.15) is 52.0 Å². The first-order chi connectivity index (χ1) is 8.75. The zero-order chi connectivity index (χ0) is 14.3. The fraction of sp³-hybridized carbons (Fsp3) is 0.625. The van der Waals surface area contributed by atoms with Gasteiger partial charge in [0.15, 0.2) is 0 Å². The van der Waals surface area contributed by atoms with Crippen molar-refractivity contribution >= 4 is 0 Å². The third kappa shape index (κ3) is 2.66. The molecule has 0 spiro atoms. The first-order valence-electron chi connectivity index (χ1n) is 6.99. The lowest BCUT2D eigenvalue weighted by Gasteiger charge is -2.48. The summed E-state index contributed by atoms with van der Waals surface area (Å²) in [7, 11) is 0. The summed E-state index contributed by atoms with van der Waals surface area (Å²) >= 11 is 0. The molecule has 0 amide bonds. The van der Waals surface area contributed by atoms with Gasteiger partial charge in [-0.15, -0.1) is 0 Å². The SMILES string of the molecule is CC(C)(C)C1CCCCC1(N)c1cc(F)ccc1F. The second-order valence-electron chi connectivity index (χ2n) is 6.83. The van der Waals surface area contributed by atoms with Gasteiger partial charge >= 0.3 is 0 Å². The normalized spacial score (nSPS) is 28.4. The van der Waals surface area contributed by atoms with Crippen molar-refractivity contribution in [3.05, 3.63) is 35.4 Å². The molecule has 1 aliphatic rings. The van der Waals surface area contributed by atoms with E-state index in [-0.39, 0.29) is 17.2 Å². The van der Waals surface area contributed by atoms with Crippen molar-refractivity contribution in [2.45, 2.75) is 52.0 Å². The first kappa shape index (κ1) is 14.4. The van der Waals surface area contributed by atoms with Gasteiger partial charge in [0, 0.05) is 11.1 Å². The van der Waals surface area contributed by atoms with Gasteiger partial charge in [0.05, 0.1) is 0 Å². The molecule has 0 saturated heterocycles. The van der Waals surface area contributed by atoms with E-state index in [4.69, 9.17) is 5.73 Å². The maximum Gasteiger partial charge on any atom is 0.128 e. The standard InChI is InChI=1S/C16H23F2N/c1-15(2,3)14-6-4-5-9-16(14,19)12-10-11(17)7-8-13(12)18/h7-8,10,14H,4-6,9,19H2,1-3H3. The Balaban J connectivity index is 2.51. The van der Waals surface area contributed by atoms with Gasteiger partial charge in [0.2, 0.25) is 0 Å². The van der Waals surface area contributed by atoms with Crippen molar-refractivity contribution in [3.63, 3.8) is 0 Å². The molecule has 0 bridgehead atoms. The van der Waals surface area contributed by atoms with Crippen molar-refractivity contribution in [3.8, 4) is 0 Å². The van der Waals surface area contributed by atoms with Crippen LogP contribution in [0.2, 0.25) is 0 Å². The second kappa shape index (κ2) is 4.86. The van der Waals surface area contributed by atoms with Crippen molar-refractivity contribution in [2.75, 3.05) is 0 Å². The van der Waals surface area contributed by atoms with Gasteiger partial charge in [0.25, 0.3) is 0 Å². The van der Waals surface area contributed by atoms with E-state index in [9.17, 15) is 8.78 Å². The minimum Gasteiger partial charge on any atom is -0.321 e. The number of hydrogen-bond donors (Lipinski definition) is 1. The largest absolute Gasteiger partial charge is 0.321 e. The van der Waals surface area contributed by atoms with Crippen LogP contribution < -0.4 is 5.73 Å². The van der Waals surface area contributed by atoms with Gasteiger partial charge in [-0.3, -0.25) is 0 Å². The van der Waals surface area contributed by atoms with Crippen LogP contribution in [0, 0.1) is 23.0 Å². The zero-order valence-electron chi connectivity index (χ0n) is 12.0. The van der Waals surface area contributed by atoms with Gasteiger partial charge < -0.3 is 5.73 Å². The number of benzene rings is 1. The van der Waals surface area contributed by atoms with Gasteiger partial charge in [-0.05, 0) is 42.4 Å². The molecule has 0 radical (unpaired) electrons. The quantitative estimate of drug-likeness (QED) is 0.804. The third-order valence-corrected chi connectivity index (χ3v) is 4.43. The van der Waals surface area contributed by atoms with E-state index >= 15 is 0 Å². The van der Waals surface area contributed by atoms with E-state index in [1.165, 1.54) is 12.1 Å². The molecule has 2 rings (SSSR count). The molecular formula is C16H23F2N. The summed E-state index contributed by atoms with van der Waals surface area (Å²) in [6.45, 7) is 6.38. The molecule has 2 atom stereocenters. The maximum atomic E-state index is 14.1. The van der Waals surface area contributed by atoms with Crippen LogP contribution in [0.5, 0.6) is 0 Å². The fourth-order valence-corrected chi connectivity index (χ4v) is 3.58. The Morgan fingerprint density at radius 1 is 1.21 bits per heavy atom. The lowest BCUT2D eigenvalue weighted by Crippen LogP contribution is -2.51. The molecular weight excluding hydrogens is 244 g/mol. The molecule has 2 N–H and O–H groups in total. The van der Waals surface area contributed by atoms with E-state index in [2.05, 4.69) is 20.8 Å². The number of hydrogen-bond acceptors (Lipinski definition) is 1. The van der Waals surface area contributed by atoms with Gasteiger partial charge in [0.1, 0.15) is 11.6 Å².